The summed E-state index contributed by atoms with van der Waals surface area (Å²) in [4.78, 5) is 16.5. The fourth-order valence-electron chi connectivity index (χ4n) is 3.35. The van der Waals surface area contributed by atoms with E-state index < -0.39 is 0 Å². The van der Waals surface area contributed by atoms with Crippen LogP contribution in [0.1, 0.15) is 16.7 Å². The van der Waals surface area contributed by atoms with Gasteiger partial charge in [0, 0.05) is 38.4 Å². The van der Waals surface area contributed by atoms with E-state index in [0.29, 0.717) is 26.1 Å². The van der Waals surface area contributed by atoms with E-state index in [2.05, 4.69) is 42.3 Å². The van der Waals surface area contributed by atoms with E-state index in [0.717, 1.165) is 18.7 Å². The predicted octanol–water partition coefficient (Wildman–Crippen LogP) is 3.52. The molecule has 0 atom stereocenters. The second kappa shape index (κ2) is 8.21. The van der Waals surface area contributed by atoms with Gasteiger partial charge in [-0.3, -0.25) is 0 Å². The average Bonchev–Trinajstić information content (AvgIpc) is 2.64. The van der Waals surface area contributed by atoms with Gasteiger partial charge in [-0.15, -0.1) is 0 Å². The van der Waals surface area contributed by atoms with Crippen molar-refractivity contribution in [2.45, 2.75) is 20.3 Å². The lowest BCUT2D eigenvalue weighted by Crippen LogP contribution is -2.52. The number of carbonyl (C=O) groups excluding carboxylic acids is 1. The van der Waals surface area contributed by atoms with Crippen molar-refractivity contribution in [2.24, 2.45) is 0 Å². The van der Waals surface area contributed by atoms with E-state index in [1.807, 2.05) is 11.0 Å². The van der Waals surface area contributed by atoms with Crippen molar-refractivity contribution >= 4 is 11.7 Å². The molecule has 5 heteroatoms. The van der Waals surface area contributed by atoms with Gasteiger partial charge in [0.1, 0.15) is 5.82 Å². The zero-order valence-corrected chi connectivity index (χ0v) is 15.5. The van der Waals surface area contributed by atoms with Gasteiger partial charge in [-0.1, -0.05) is 24.3 Å². The highest BCUT2D eigenvalue weighted by Gasteiger charge is 2.22. The molecule has 4 nitrogen and oxygen atoms in total. The van der Waals surface area contributed by atoms with Crippen LogP contribution in [0.15, 0.2) is 42.5 Å². The molecule has 1 aliphatic rings. The lowest BCUT2D eigenvalue weighted by atomic mass is 10.1. The molecule has 0 unspecified atom stereocenters. The van der Waals surface area contributed by atoms with Gasteiger partial charge < -0.3 is 15.1 Å². The normalized spacial score (nSPS) is 14.4. The Labute approximate surface area is 154 Å². The highest BCUT2D eigenvalue weighted by Crippen LogP contribution is 2.23. The van der Waals surface area contributed by atoms with E-state index in [9.17, 15) is 9.18 Å². The molecule has 1 aliphatic heterocycles. The molecule has 138 valence electrons. The van der Waals surface area contributed by atoms with Crippen LogP contribution in [0.5, 0.6) is 0 Å². The standard InChI is InChI=1S/C21H26FN3O/c1-16-5-3-8-20(17(16)2)24-11-13-25(14-12-24)21(26)23-10-9-18-6-4-7-19(22)15-18/h3-8,15H,9-14H2,1-2H3,(H,23,26). The van der Waals surface area contributed by atoms with Crippen LogP contribution in [0, 0.1) is 19.7 Å². The number of halogens is 1. The molecule has 26 heavy (non-hydrogen) atoms. The van der Waals surface area contributed by atoms with Crippen molar-refractivity contribution in [3.05, 3.63) is 65.0 Å². The monoisotopic (exact) mass is 355 g/mol. The number of piperazine rings is 1. The van der Waals surface area contributed by atoms with Crippen LogP contribution in [0.25, 0.3) is 0 Å². The summed E-state index contributed by atoms with van der Waals surface area (Å²) in [6.07, 6.45) is 0.631. The fraction of sp³-hybridized carbons (Fsp3) is 0.381. The molecule has 3 rings (SSSR count). The van der Waals surface area contributed by atoms with Crippen LogP contribution in [0.4, 0.5) is 14.9 Å². The quantitative estimate of drug-likeness (QED) is 0.911. The van der Waals surface area contributed by atoms with Gasteiger partial charge >= 0.3 is 6.03 Å². The highest BCUT2D eigenvalue weighted by atomic mass is 19.1. The van der Waals surface area contributed by atoms with Gasteiger partial charge in [0.15, 0.2) is 0 Å². The third-order valence-corrected chi connectivity index (χ3v) is 5.06. The minimum Gasteiger partial charge on any atom is -0.368 e. The van der Waals surface area contributed by atoms with E-state index in [1.165, 1.54) is 28.9 Å². The Morgan fingerprint density at radius 3 is 2.54 bits per heavy atom. The lowest BCUT2D eigenvalue weighted by molar-refractivity contribution is 0.194. The Hall–Kier alpha value is -2.56. The molecular formula is C21H26FN3O. The first kappa shape index (κ1) is 18.2. The second-order valence-corrected chi connectivity index (χ2v) is 6.80. The van der Waals surface area contributed by atoms with Gasteiger partial charge in [0.05, 0.1) is 0 Å². The summed E-state index contributed by atoms with van der Waals surface area (Å²) in [5.41, 5.74) is 4.75. The molecule has 1 heterocycles. The maximum Gasteiger partial charge on any atom is 0.317 e. The van der Waals surface area contributed by atoms with Crippen LogP contribution >= 0.6 is 0 Å². The topological polar surface area (TPSA) is 35.6 Å². The first-order valence-electron chi connectivity index (χ1n) is 9.13. The number of nitrogens with zero attached hydrogens (tertiary/aromatic N) is 2. The maximum atomic E-state index is 13.2. The molecule has 2 amide bonds. The molecule has 0 radical (unpaired) electrons. The Balaban J connectivity index is 1.47. The zero-order chi connectivity index (χ0) is 18.5. The van der Waals surface area contributed by atoms with Gasteiger partial charge in [-0.2, -0.15) is 0 Å². The van der Waals surface area contributed by atoms with Crippen LogP contribution in [-0.2, 0) is 6.42 Å². The summed E-state index contributed by atoms with van der Waals surface area (Å²) < 4.78 is 13.2. The largest absolute Gasteiger partial charge is 0.368 e. The molecule has 2 aromatic rings. The average molecular weight is 355 g/mol. The molecule has 0 bridgehead atoms. The van der Waals surface area contributed by atoms with E-state index >= 15 is 0 Å². The number of nitrogens with one attached hydrogen (secondary N) is 1. The third kappa shape index (κ3) is 4.34. The van der Waals surface area contributed by atoms with E-state index in [4.69, 9.17) is 0 Å². The number of anilines is 1. The summed E-state index contributed by atoms with van der Waals surface area (Å²) in [6.45, 7) is 7.87. The molecule has 1 N–H and O–H groups in total. The fourth-order valence-corrected chi connectivity index (χ4v) is 3.35. The lowest BCUT2D eigenvalue weighted by Gasteiger charge is -2.37. The molecule has 0 aliphatic carbocycles. The number of benzene rings is 2. The van der Waals surface area contributed by atoms with Crippen molar-refractivity contribution in [3.63, 3.8) is 0 Å². The van der Waals surface area contributed by atoms with Crippen LogP contribution in [-0.4, -0.2) is 43.7 Å². The molecule has 1 fully saturated rings. The number of carbonyl (C=O) groups is 1. The zero-order valence-electron chi connectivity index (χ0n) is 15.5. The molecule has 0 saturated carbocycles. The predicted molar refractivity (Wildman–Crippen MR) is 103 cm³/mol. The first-order chi connectivity index (χ1) is 12.5. The molecule has 2 aromatic carbocycles. The van der Waals surface area contributed by atoms with Crippen LogP contribution < -0.4 is 10.2 Å². The Kier molecular flexibility index (Phi) is 5.76. The highest BCUT2D eigenvalue weighted by molar-refractivity contribution is 5.74. The van der Waals surface area contributed by atoms with Gasteiger partial charge in [-0.25, -0.2) is 9.18 Å². The first-order valence-corrected chi connectivity index (χ1v) is 9.13. The maximum absolute atomic E-state index is 13.2. The minimum absolute atomic E-state index is 0.0398. The number of urea groups is 1. The van der Waals surface area contributed by atoms with E-state index in [1.54, 1.807) is 6.07 Å². The Bertz CT molecular complexity index is 770. The van der Waals surface area contributed by atoms with Gasteiger partial charge in [0.2, 0.25) is 0 Å². The number of hydrogen-bond acceptors (Lipinski definition) is 2. The number of hydrogen-bond donors (Lipinski definition) is 1. The Morgan fingerprint density at radius 1 is 1.08 bits per heavy atom. The van der Waals surface area contributed by atoms with Crippen LogP contribution in [0.3, 0.4) is 0 Å². The smallest absolute Gasteiger partial charge is 0.317 e. The van der Waals surface area contributed by atoms with Crippen molar-refractivity contribution in [1.82, 2.24) is 10.2 Å². The number of rotatable bonds is 4. The van der Waals surface area contributed by atoms with Gasteiger partial charge in [-0.05, 0) is 55.2 Å². The third-order valence-electron chi connectivity index (χ3n) is 5.06. The SMILES string of the molecule is Cc1cccc(N2CCN(C(=O)NCCc3cccc(F)c3)CC2)c1C. The van der Waals surface area contributed by atoms with Crippen molar-refractivity contribution in [2.75, 3.05) is 37.6 Å². The summed E-state index contributed by atoms with van der Waals surface area (Å²) in [5, 5.41) is 2.94. The van der Waals surface area contributed by atoms with Crippen LogP contribution in [0.2, 0.25) is 0 Å². The van der Waals surface area contributed by atoms with Crippen molar-refractivity contribution in [3.8, 4) is 0 Å². The molecule has 0 spiro atoms. The Morgan fingerprint density at radius 2 is 1.81 bits per heavy atom. The number of aryl methyl sites for hydroxylation is 1. The molecular weight excluding hydrogens is 329 g/mol. The van der Waals surface area contributed by atoms with Crippen molar-refractivity contribution < 1.29 is 9.18 Å². The molecule has 1 saturated heterocycles. The summed E-state index contributed by atoms with van der Waals surface area (Å²) in [5.74, 6) is -0.239. The van der Waals surface area contributed by atoms with Crippen molar-refractivity contribution in [1.29, 1.82) is 0 Å². The molecule has 0 aromatic heterocycles. The van der Waals surface area contributed by atoms with E-state index in [-0.39, 0.29) is 11.8 Å². The second-order valence-electron chi connectivity index (χ2n) is 6.80. The van der Waals surface area contributed by atoms with Gasteiger partial charge in [0.25, 0.3) is 0 Å². The summed E-state index contributed by atoms with van der Waals surface area (Å²) in [6, 6.07) is 12.8. The minimum atomic E-state index is -0.239. The summed E-state index contributed by atoms with van der Waals surface area (Å²) >= 11 is 0. The number of amides is 2. The summed E-state index contributed by atoms with van der Waals surface area (Å²) in [7, 11) is 0.